The van der Waals surface area contributed by atoms with Crippen LogP contribution >= 0.6 is 23.2 Å². The molecule has 0 aromatic heterocycles. The summed E-state index contributed by atoms with van der Waals surface area (Å²) >= 11 is 12.5. The molecule has 27 heavy (non-hydrogen) atoms. The van der Waals surface area contributed by atoms with E-state index < -0.39 is 11.9 Å². The average molecular weight is 413 g/mol. The molecule has 0 bridgehead atoms. The highest BCUT2D eigenvalue weighted by molar-refractivity contribution is 6.42. The third-order valence-electron chi connectivity index (χ3n) is 5.59. The van der Waals surface area contributed by atoms with Gasteiger partial charge in [-0.05, 0) is 36.0 Å². The van der Waals surface area contributed by atoms with E-state index in [0.717, 1.165) is 31.3 Å². The Hall–Kier alpha value is -1.59. The number of rotatable bonds is 6. The smallest absolute Gasteiger partial charge is 0.231 e. The first kappa shape index (κ1) is 20.2. The van der Waals surface area contributed by atoms with Crippen LogP contribution in [-0.2, 0) is 9.59 Å². The number of carbonyl (C=O) groups excluding carboxylic acids is 2. The minimum atomic E-state index is -0.560. The van der Waals surface area contributed by atoms with E-state index >= 15 is 0 Å². The lowest BCUT2D eigenvalue weighted by molar-refractivity contribution is -0.124. The Bertz CT molecular complexity index is 803. The maximum atomic E-state index is 14.7. The molecule has 2 aliphatic rings. The molecule has 0 radical (unpaired) electrons. The first-order valence-electron chi connectivity index (χ1n) is 9.12. The lowest BCUT2D eigenvalue weighted by Crippen LogP contribution is -2.40. The van der Waals surface area contributed by atoms with Gasteiger partial charge in [0.2, 0.25) is 11.8 Å². The fraction of sp³-hybridized carbons (Fsp3) is 0.500. The summed E-state index contributed by atoms with van der Waals surface area (Å²) in [5.41, 5.74) is 0.819. The molecule has 1 aromatic rings. The fourth-order valence-electron chi connectivity index (χ4n) is 3.91. The minimum Gasteiger partial charge on any atom is -0.353 e. The van der Waals surface area contributed by atoms with Crippen LogP contribution in [0, 0.1) is 17.2 Å². The Kier molecular flexibility index (Phi) is 5.82. The topological polar surface area (TPSA) is 58.2 Å². The van der Waals surface area contributed by atoms with E-state index in [0.29, 0.717) is 6.54 Å². The van der Waals surface area contributed by atoms with Gasteiger partial charge in [0.1, 0.15) is 5.82 Å². The van der Waals surface area contributed by atoms with Crippen molar-refractivity contribution in [2.45, 2.75) is 45.6 Å². The predicted octanol–water partition coefficient (Wildman–Crippen LogP) is 4.56. The van der Waals surface area contributed by atoms with Crippen LogP contribution in [0.3, 0.4) is 0 Å². The van der Waals surface area contributed by atoms with Crippen molar-refractivity contribution in [2.24, 2.45) is 11.3 Å². The summed E-state index contributed by atoms with van der Waals surface area (Å²) in [6, 6.07) is 2.15. The summed E-state index contributed by atoms with van der Waals surface area (Å²) in [4.78, 5) is 23.8. The van der Waals surface area contributed by atoms with Crippen LogP contribution in [0.15, 0.2) is 23.8 Å². The Morgan fingerprint density at radius 1 is 1.30 bits per heavy atom. The molecule has 1 aromatic carbocycles. The number of halogens is 3. The van der Waals surface area contributed by atoms with Crippen LogP contribution in [0.25, 0.3) is 0 Å². The quantitative estimate of drug-likeness (QED) is 0.531. The molecule has 146 valence electrons. The molecule has 0 heterocycles. The van der Waals surface area contributed by atoms with Gasteiger partial charge in [-0.3, -0.25) is 9.59 Å². The van der Waals surface area contributed by atoms with Gasteiger partial charge in [0.15, 0.2) is 0 Å². The van der Waals surface area contributed by atoms with Gasteiger partial charge in [-0.15, -0.1) is 0 Å². The fourth-order valence-corrected chi connectivity index (χ4v) is 4.34. The molecule has 0 saturated heterocycles. The van der Waals surface area contributed by atoms with E-state index in [-0.39, 0.29) is 38.8 Å². The zero-order valence-corrected chi connectivity index (χ0v) is 16.9. The first-order valence-corrected chi connectivity index (χ1v) is 9.87. The minimum absolute atomic E-state index is 0.147. The van der Waals surface area contributed by atoms with E-state index in [4.69, 9.17) is 23.2 Å². The van der Waals surface area contributed by atoms with Crippen molar-refractivity contribution in [1.29, 1.82) is 0 Å². The summed E-state index contributed by atoms with van der Waals surface area (Å²) in [6.07, 6.45) is 5.60. The number of carbonyl (C=O) groups is 2. The number of nitrogens with one attached hydrogen (secondary N) is 2. The van der Waals surface area contributed by atoms with Crippen molar-refractivity contribution >= 4 is 35.0 Å². The van der Waals surface area contributed by atoms with E-state index in [1.807, 2.05) is 0 Å². The molecule has 1 fully saturated rings. The standard InChI is InChI=1S/C20H23Cl2FN2O2/c1-11(26)24-10-12-9-13(12)19(27)25-18(20(2)7-3-4-8-20)16-15(23)6-5-14(21)17(16)22/h5-6,9,13,18H,3-4,7-8,10H2,1-2H3,(H,24,26)(H,25,27)/t13-,18-/m1/s1. The van der Waals surface area contributed by atoms with Gasteiger partial charge >= 0.3 is 0 Å². The van der Waals surface area contributed by atoms with E-state index in [1.165, 1.54) is 19.1 Å². The normalized spacial score (nSPS) is 21.4. The van der Waals surface area contributed by atoms with Crippen LogP contribution in [-0.4, -0.2) is 18.4 Å². The summed E-state index contributed by atoms with van der Waals surface area (Å²) in [5.74, 6) is -1.19. The molecule has 2 amide bonds. The van der Waals surface area contributed by atoms with Crippen LogP contribution in [0.5, 0.6) is 0 Å². The second kappa shape index (κ2) is 7.80. The third-order valence-corrected chi connectivity index (χ3v) is 6.41. The molecule has 0 unspecified atom stereocenters. The lowest BCUT2D eigenvalue weighted by Gasteiger charge is -2.36. The third kappa shape index (κ3) is 4.30. The van der Waals surface area contributed by atoms with Crippen molar-refractivity contribution in [3.63, 3.8) is 0 Å². The summed E-state index contributed by atoms with van der Waals surface area (Å²) in [7, 11) is 0. The van der Waals surface area contributed by atoms with E-state index in [1.54, 1.807) is 6.08 Å². The van der Waals surface area contributed by atoms with E-state index in [2.05, 4.69) is 17.6 Å². The van der Waals surface area contributed by atoms with Crippen molar-refractivity contribution in [3.05, 3.63) is 45.2 Å². The highest BCUT2D eigenvalue weighted by Gasteiger charge is 2.43. The highest BCUT2D eigenvalue weighted by atomic mass is 35.5. The molecule has 2 aliphatic carbocycles. The summed E-state index contributed by atoms with van der Waals surface area (Å²) in [6.45, 7) is 3.83. The van der Waals surface area contributed by atoms with Crippen molar-refractivity contribution in [1.82, 2.24) is 10.6 Å². The molecule has 1 saturated carbocycles. The van der Waals surface area contributed by atoms with Gasteiger partial charge in [0.25, 0.3) is 0 Å². The Balaban J connectivity index is 1.82. The van der Waals surface area contributed by atoms with Gasteiger partial charge in [-0.2, -0.15) is 0 Å². The van der Waals surface area contributed by atoms with Gasteiger partial charge in [-0.1, -0.05) is 49.0 Å². The second-order valence-electron chi connectivity index (χ2n) is 7.69. The zero-order valence-electron chi connectivity index (χ0n) is 15.4. The zero-order chi connectivity index (χ0) is 19.8. The van der Waals surface area contributed by atoms with Gasteiger partial charge in [-0.25, -0.2) is 4.39 Å². The lowest BCUT2D eigenvalue weighted by atomic mass is 9.77. The van der Waals surface area contributed by atoms with Crippen molar-refractivity contribution in [2.75, 3.05) is 6.54 Å². The predicted molar refractivity (Wildman–Crippen MR) is 104 cm³/mol. The van der Waals surface area contributed by atoms with Gasteiger partial charge in [0.05, 0.1) is 22.0 Å². The number of benzene rings is 1. The maximum Gasteiger partial charge on any atom is 0.231 e. The van der Waals surface area contributed by atoms with Crippen LogP contribution < -0.4 is 10.6 Å². The maximum absolute atomic E-state index is 14.7. The molecular weight excluding hydrogens is 390 g/mol. The SMILES string of the molecule is CC(=O)NCC1=C[C@H]1C(=O)N[C@H](c1c(F)ccc(Cl)c1Cl)C1(C)CCCC1. The molecular formula is C20H23Cl2FN2O2. The second-order valence-corrected chi connectivity index (χ2v) is 8.47. The van der Waals surface area contributed by atoms with Gasteiger partial charge < -0.3 is 10.6 Å². The molecule has 2 atom stereocenters. The van der Waals surface area contributed by atoms with Crippen LogP contribution in [0.2, 0.25) is 10.0 Å². The van der Waals surface area contributed by atoms with E-state index in [9.17, 15) is 14.0 Å². The number of hydrogen-bond acceptors (Lipinski definition) is 2. The molecule has 3 rings (SSSR count). The number of hydrogen-bond donors (Lipinski definition) is 2. The molecule has 4 nitrogen and oxygen atoms in total. The largest absolute Gasteiger partial charge is 0.353 e. The van der Waals surface area contributed by atoms with Crippen molar-refractivity contribution < 1.29 is 14.0 Å². The molecule has 0 aliphatic heterocycles. The van der Waals surface area contributed by atoms with Crippen LogP contribution in [0.1, 0.15) is 51.1 Å². The highest BCUT2D eigenvalue weighted by Crippen LogP contribution is 2.50. The summed E-state index contributed by atoms with van der Waals surface area (Å²) < 4.78 is 14.7. The Morgan fingerprint density at radius 2 is 1.96 bits per heavy atom. The molecule has 7 heteroatoms. The molecule has 2 N–H and O–H groups in total. The molecule has 0 spiro atoms. The average Bonchev–Trinajstić information content (AvgIpc) is 3.27. The number of amides is 2. The van der Waals surface area contributed by atoms with Gasteiger partial charge in [0, 0.05) is 19.0 Å². The Morgan fingerprint density at radius 3 is 2.59 bits per heavy atom. The summed E-state index contributed by atoms with van der Waals surface area (Å²) in [5, 5.41) is 6.12. The van der Waals surface area contributed by atoms with Crippen molar-refractivity contribution in [3.8, 4) is 0 Å². The Labute approximate surface area is 168 Å². The first-order chi connectivity index (χ1) is 12.7. The monoisotopic (exact) mass is 412 g/mol. The van der Waals surface area contributed by atoms with Crippen LogP contribution in [0.4, 0.5) is 4.39 Å².